The second kappa shape index (κ2) is 10.0. The lowest BCUT2D eigenvalue weighted by atomic mass is 10.1. The van der Waals surface area contributed by atoms with Crippen LogP contribution in [0.1, 0.15) is 18.4 Å². The highest BCUT2D eigenvalue weighted by Gasteiger charge is 2.19. The third kappa shape index (κ3) is 5.11. The molecule has 0 unspecified atom stereocenters. The molecule has 0 spiro atoms. The van der Waals surface area contributed by atoms with Gasteiger partial charge in [-0.25, -0.2) is 10.4 Å². The van der Waals surface area contributed by atoms with Gasteiger partial charge in [-0.3, -0.25) is 4.79 Å². The number of ether oxygens (including phenoxy) is 2. The fourth-order valence-corrected chi connectivity index (χ4v) is 5.32. The molecule has 3 aromatic rings. The molecule has 4 rings (SSSR count). The zero-order chi connectivity index (χ0) is 21.6. The van der Waals surface area contributed by atoms with E-state index in [0.29, 0.717) is 5.75 Å². The van der Waals surface area contributed by atoms with E-state index in [-0.39, 0.29) is 11.7 Å². The van der Waals surface area contributed by atoms with Crippen LogP contribution in [0.5, 0.6) is 11.5 Å². The second-order valence-electron chi connectivity index (χ2n) is 6.99. The molecule has 1 aliphatic heterocycles. The van der Waals surface area contributed by atoms with Gasteiger partial charge in [0.25, 0.3) is 5.91 Å². The molecular weight excluding hydrogens is 432 g/mol. The molecule has 2 heterocycles. The Bertz CT molecular complexity index is 1060. The van der Waals surface area contributed by atoms with Gasteiger partial charge in [0, 0.05) is 24.7 Å². The Balaban J connectivity index is 1.38. The zero-order valence-electron chi connectivity index (χ0n) is 17.5. The molecule has 0 atom stereocenters. The Morgan fingerprint density at radius 1 is 1.23 bits per heavy atom. The molecule has 9 heteroatoms. The van der Waals surface area contributed by atoms with E-state index >= 15 is 0 Å². The number of methoxy groups -OCH3 is 2. The second-order valence-corrected chi connectivity index (χ2v) is 9.24. The molecule has 1 N–H and O–H groups in total. The van der Waals surface area contributed by atoms with Crippen LogP contribution in [-0.2, 0) is 4.79 Å². The van der Waals surface area contributed by atoms with Gasteiger partial charge in [0.15, 0.2) is 4.34 Å². The number of rotatable bonds is 8. The number of amides is 1. The summed E-state index contributed by atoms with van der Waals surface area (Å²) in [6.45, 7) is 2.02. The first-order valence-corrected chi connectivity index (χ1v) is 11.8. The van der Waals surface area contributed by atoms with E-state index in [1.54, 1.807) is 31.8 Å². The van der Waals surface area contributed by atoms with E-state index < -0.39 is 0 Å². The normalized spacial score (nSPS) is 13.8. The molecule has 0 saturated carbocycles. The SMILES string of the molecule is COc1cc(N2CCCC2)c(OC)cc1/C=N/NC(=O)CSc1nc2ccccc2s1. The molecule has 0 radical (unpaired) electrons. The summed E-state index contributed by atoms with van der Waals surface area (Å²) in [4.78, 5) is 19.0. The number of thioether (sulfide) groups is 1. The van der Waals surface area contributed by atoms with Gasteiger partial charge in [-0.2, -0.15) is 5.10 Å². The van der Waals surface area contributed by atoms with Crippen LogP contribution in [0.3, 0.4) is 0 Å². The molecule has 2 aromatic carbocycles. The third-order valence-corrected chi connectivity index (χ3v) is 7.15. The van der Waals surface area contributed by atoms with Gasteiger partial charge in [-0.05, 0) is 31.0 Å². The minimum absolute atomic E-state index is 0.194. The highest BCUT2D eigenvalue weighted by atomic mass is 32.2. The average molecular weight is 457 g/mol. The number of hydrogen-bond acceptors (Lipinski definition) is 8. The Morgan fingerprint density at radius 3 is 2.74 bits per heavy atom. The quantitative estimate of drug-likeness (QED) is 0.312. The first-order chi connectivity index (χ1) is 15.2. The van der Waals surface area contributed by atoms with Gasteiger partial charge >= 0.3 is 0 Å². The average Bonchev–Trinajstić information content (AvgIpc) is 3.47. The maximum Gasteiger partial charge on any atom is 0.250 e. The molecule has 1 aromatic heterocycles. The van der Waals surface area contributed by atoms with E-state index in [2.05, 4.69) is 20.4 Å². The number of benzene rings is 2. The van der Waals surface area contributed by atoms with Crippen LogP contribution in [-0.4, -0.2) is 50.2 Å². The van der Waals surface area contributed by atoms with Crippen LogP contribution in [0, 0.1) is 0 Å². The first-order valence-electron chi connectivity index (χ1n) is 9.99. The molecule has 1 aliphatic rings. The summed E-state index contributed by atoms with van der Waals surface area (Å²) in [5.41, 5.74) is 5.28. The van der Waals surface area contributed by atoms with Gasteiger partial charge in [0.2, 0.25) is 0 Å². The summed E-state index contributed by atoms with van der Waals surface area (Å²) in [7, 11) is 3.28. The molecule has 31 heavy (non-hydrogen) atoms. The number of para-hydroxylation sites is 1. The number of nitrogens with one attached hydrogen (secondary N) is 1. The van der Waals surface area contributed by atoms with Crippen molar-refractivity contribution >= 4 is 51.1 Å². The van der Waals surface area contributed by atoms with Crippen molar-refractivity contribution in [2.75, 3.05) is 38.0 Å². The Kier molecular flexibility index (Phi) is 6.93. The fourth-order valence-electron chi connectivity index (χ4n) is 3.46. The van der Waals surface area contributed by atoms with Crippen LogP contribution >= 0.6 is 23.1 Å². The summed E-state index contributed by atoms with van der Waals surface area (Å²) >= 11 is 2.98. The van der Waals surface area contributed by atoms with Crippen molar-refractivity contribution in [3.05, 3.63) is 42.0 Å². The lowest BCUT2D eigenvalue weighted by Crippen LogP contribution is -2.20. The highest BCUT2D eigenvalue weighted by molar-refractivity contribution is 8.01. The molecule has 1 fully saturated rings. The Morgan fingerprint density at radius 2 is 2.00 bits per heavy atom. The molecule has 0 aliphatic carbocycles. The van der Waals surface area contributed by atoms with Gasteiger partial charge < -0.3 is 14.4 Å². The van der Waals surface area contributed by atoms with E-state index in [9.17, 15) is 4.79 Å². The number of thiazole rings is 1. The number of carbonyl (C=O) groups is 1. The van der Waals surface area contributed by atoms with E-state index in [1.807, 2.05) is 36.4 Å². The standard InChI is InChI=1S/C22H24N4O3S2/c1-28-18-12-17(26-9-5-6-10-26)19(29-2)11-15(18)13-23-25-21(27)14-30-22-24-16-7-3-4-8-20(16)31-22/h3-4,7-8,11-13H,5-6,9-10,14H2,1-2H3,(H,25,27)/b23-13+. The summed E-state index contributed by atoms with van der Waals surface area (Å²) < 4.78 is 13.1. The van der Waals surface area contributed by atoms with Crippen LogP contribution in [0.25, 0.3) is 10.2 Å². The number of fused-ring (bicyclic) bond motifs is 1. The molecular formula is C22H24N4O3S2. The number of aromatic nitrogens is 1. The summed E-state index contributed by atoms with van der Waals surface area (Å²) in [6, 6.07) is 11.8. The molecule has 162 valence electrons. The van der Waals surface area contributed by atoms with Crippen LogP contribution in [0.15, 0.2) is 45.8 Å². The van der Waals surface area contributed by atoms with Gasteiger partial charge in [-0.15, -0.1) is 11.3 Å². The first kappa shape index (κ1) is 21.5. The molecule has 0 bridgehead atoms. The Hall–Kier alpha value is -2.78. The van der Waals surface area contributed by atoms with Gasteiger partial charge in [-0.1, -0.05) is 23.9 Å². The number of hydrazone groups is 1. The largest absolute Gasteiger partial charge is 0.496 e. The Labute approximate surface area is 189 Å². The molecule has 7 nitrogen and oxygen atoms in total. The van der Waals surface area contributed by atoms with E-state index in [0.717, 1.165) is 44.6 Å². The number of nitrogens with zero attached hydrogens (tertiary/aromatic N) is 3. The van der Waals surface area contributed by atoms with Crippen LogP contribution in [0.4, 0.5) is 5.69 Å². The predicted octanol–water partition coefficient (Wildman–Crippen LogP) is 4.16. The van der Waals surface area contributed by atoms with Crippen molar-refractivity contribution in [1.82, 2.24) is 10.4 Å². The van der Waals surface area contributed by atoms with Crippen molar-refractivity contribution in [2.45, 2.75) is 17.2 Å². The fraction of sp³-hybridized carbons (Fsp3) is 0.318. The maximum atomic E-state index is 12.2. The zero-order valence-corrected chi connectivity index (χ0v) is 19.1. The van der Waals surface area contributed by atoms with Crippen molar-refractivity contribution < 1.29 is 14.3 Å². The van der Waals surface area contributed by atoms with Crippen molar-refractivity contribution in [1.29, 1.82) is 0 Å². The van der Waals surface area contributed by atoms with E-state index in [1.165, 1.54) is 24.6 Å². The summed E-state index contributed by atoms with van der Waals surface area (Å²) in [6.07, 6.45) is 3.93. The third-order valence-electron chi connectivity index (χ3n) is 4.97. The number of anilines is 1. The lowest BCUT2D eigenvalue weighted by molar-refractivity contribution is -0.118. The van der Waals surface area contributed by atoms with Crippen molar-refractivity contribution in [3.8, 4) is 11.5 Å². The monoisotopic (exact) mass is 456 g/mol. The van der Waals surface area contributed by atoms with E-state index in [4.69, 9.17) is 9.47 Å². The lowest BCUT2D eigenvalue weighted by Gasteiger charge is -2.22. The maximum absolute atomic E-state index is 12.2. The van der Waals surface area contributed by atoms with Crippen molar-refractivity contribution in [2.24, 2.45) is 5.10 Å². The minimum atomic E-state index is -0.194. The number of carbonyl (C=O) groups excluding carboxylic acids is 1. The minimum Gasteiger partial charge on any atom is -0.496 e. The van der Waals surface area contributed by atoms with Crippen molar-refractivity contribution in [3.63, 3.8) is 0 Å². The van der Waals surface area contributed by atoms with Crippen LogP contribution in [0.2, 0.25) is 0 Å². The summed E-state index contributed by atoms with van der Waals surface area (Å²) in [5.74, 6) is 1.50. The van der Waals surface area contributed by atoms with Crippen LogP contribution < -0.4 is 19.8 Å². The predicted molar refractivity (Wildman–Crippen MR) is 127 cm³/mol. The summed E-state index contributed by atoms with van der Waals surface area (Å²) in [5, 5.41) is 4.10. The van der Waals surface area contributed by atoms with Gasteiger partial charge in [0.1, 0.15) is 11.5 Å². The topological polar surface area (TPSA) is 76.1 Å². The highest BCUT2D eigenvalue weighted by Crippen LogP contribution is 2.36. The van der Waals surface area contributed by atoms with Gasteiger partial charge in [0.05, 0.1) is 42.1 Å². The number of hydrogen-bond donors (Lipinski definition) is 1. The molecule has 1 amide bonds. The molecule has 1 saturated heterocycles. The smallest absolute Gasteiger partial charge is 0.250 e.